The van der Waals surface area contributed by atoms with Crippen LogP contribution in [0.4, 0.5) is 5.69 Å². The first-order valence-corrected chi connectivity index (χ1v) is 9.44. The minimum Gasteiger partial charge on any atom is -0.493 e. The Morgan fingerprint density at radius 3 is 2.30 bits per heavy atom. The van der Waals surface area contributed by atoms with E-state index in [1.54, 1.807) is 40.4 Å². The lowest BCUT2D eigenvalue weighted by atomic mass is 10.1. The van der Waals surface area contributed by atoms with Crippen molar-refractivity contribution in [3.8, 4) is 17.2 Å². The second-order valence-electron chi connectivity index (χ2n) is 6.59. The van der Waals surface area contributed by atoms with Gasteiger partial charge in [0.25, 0.3) is 5.91 Å². The van der Waals surface area contributed by atoms with E-state index in [2.05, 4.69) is 15.8 Å². The fourth-order valence-electron chi connectivity index (χ4n) is 3.09. The van der Waals surface area contributed by atoms with Crippen molar-refractivity contribution in [2.24, 2.45) is 5.10 Å². The molecule has 1 amide bonds. The zero-order valence-electron chi connectivity index (χ0n) is 17.4. The molecule has 0 aliphatic carbocycles. The van der Waals surface area contributed by atoms with Gasteiger partial charge in [0.2, 0.25) is 5.75 Å². The standard InChI is InChI=1S/C23H25N3O4/c1-15(25-19-11-7-9-17-8-5-6-10-18(17)19)23(27)26-24-14-16-12-20(28-2)22(30-4)21(13-16)29-3/h5-15,25H,1-4H3,(H,26,27)/b24-14-/t15-/m0/s1. The number of carbonyl (C=O) groups excluding carboxylic acids is 1. The third-order valence-corrected chi connectivity index (χ3v) is 4.63. The third-order valence-electron chi connectivity index (χ3n) is 4.63. The Morgan fingerprint density at radius 2 is 1.63 bits per heavy atom. The molecule has 1 atom stereocenters. The van der Waals surface area contributed by atoms with Crippen LogP contribution in [-0.4, -0.2) is 39.5 Å². The van der Waals surface area contributed by atoms with Crippen molar-refractivity contribution in [1.82, 2.24) is 5.43 Å². The Labute approximate surface area is 175 Å². The third kappa shape index (κ3) is 4.63. The van der Waals surface area contributed by atoms with Crippen LogP contribution in [0.5, 0.6) is 17.2 Å². The van der Waals surface area contributed by atoms with Gasteiger partial charge in [-0.05, 0) is 30.5 Å². The smallest absolute Gasteiger partial charge is 0.262 e. The fraction of sp³-hybridized carbons (Fsp3) is 0.217. The molecular weight excluding hydrogens is 382 g/mol. The van der Waals surface area contributed by atoms with Crippen LogP contribution >= 0.6 is 0 Å². The van der Waals surface area contributed by atoms with Crippen LogP contribution in [0.3, 0.4) is 0 Å². The molecular formula is C23H25N3O4. The number of anilines is 1. The number of hydrazone groups is 1. The van der Waals surface area contributed by atoms with Crippen LogP contribution in [0.2, 0.25) is 0 Å². The van der Waals surface area contributed by atoms with E-state index in [0.717, 1.165) is 16.5 Å². The van der Waals surface area contributed by atoms with Gasteiger partial charge >= 0.3 is 0 Å². The number of hydrogen-bond donors (Lipinski definition) is 2. The van der Waals surface area contributed by atoms with Crippen molar-refractivity contribution in [3.05, 3.63) is 60.2 Å². The van der Waals surface area contributed by atoms with Gasteiger partial charge in [0.1, 0.15) is 6.04 Å². The molecule has 7 heteroatoms. The molecule has 0 radical (unpaired) electrons. The molecule has 3 aromatic carbocycles. The minimum absolute atomic E-state index is 0.258. The van der Waals surface area contributed by atoms with Gasteiger partial charge in [-0.1, -0.05) is 36.4 Å². The lowest BCUT2D eigenvalue weighted by Crippen LogP contribution is -2.34. The van der Waals surface area contributed by atoms with Crippen LogP contribution in [0.1, 0.15) is 12.5 Å². The molecule has 0 unspecified atom stereocenters. The van der Waals surface area contributed by atoms with Crippen molar-refractivity contribution in [3.63, 3.8) is 0 Å². The van der Waals surface area contributed by atoms with Gasteiger partial charge in [-0.3, -0.25) is 4.79 Å². The summed E-state index contributed by atoms with van der Waals surface area (Å²) in [7, 11) is 4.62. The number of ether oxygens (including phenoxy) is 3. The maximum absolute atomic E-state index is 12.5. The maximum Gasteiger partial charge on any atom is 0.262 e. The highest BCUT2D eigenvalue weighted by molar-refractivity contribution is 5.96. The van der Waals surface area contributed by atoms with Crippen molar-refractivity contribution in [1.29, 1.82) is 0 Å². The Hall–Kier alpha value is -3.74. The van der Waals surface area contributed by atoms with Crippen molar-refractivity contribution >= 4 is 28.6 Å². The van der Waals surface area contributed by atoms with Gasteiger partial charge in [-0.25, -0.2) is 5.43 Å². The molecule has 0 aliphatic rings. The van der Waals surface area contributed by atoms with Crippen LogP contribution in [0.15, 0.2) is 59.7 Å². The van der Waals surface area contributed by atoms with Gasteiger partial charge < -0.3 is 19.5 Å². The predicted octanol–water partition coefficient (Wildman–Crippen LogP) is 3.82. The molecule has 0 bridgehead atoms. The lowest BCUT2D eigenvalue weighted by molar-refractivity contribution is -0.121. The second-order valence-corrected chi connectivity index (χ2v) is 6.59. The number of amides is 1. The molecule has 0 saturated heterocycles. The van der Waals surface area contributed by atoms with E-state index in [1.807, 2.05) is 42.5 Å². The lowest BCUT2D eigenvalue weighted by Gasteiger charge is -2.15. The molecule has 30 heavy (non-hydrogen) atoms. The molecule has 3 rings (SSSR count). The predicted molar refractivity (Wildman–Crippen MR) is 119 cm³/mol. The van der Waals surface area contributed by atoms with Gasteiger partial charge in [0, 0.05) is 16.6 Å². The molecule has 0 aromatic heterocycles. The molecule has 0 fully saturated rings. The van der Waals surface area contributed by atoms with Crippen LogP contribution in [-0.2, 0) is 4.79 Å². The molecule has 0 saturated carbocycles. The zero-order valence-corrected chi connectivity index (χ0v) is 17.4. The normalized spacial score (nSPS) is 11.9. The molecule has 156 valence electrons. The topological polar surface area (TPSA) is 81.2 Å². The SMILES string of the molecule is COc1cc(/C=N\NC(=O)[C@H](C)Nc2cccc3ccccc23)cc(OC)c1OC. The summed E-state index contributed by atoms with van der Waals surface area (Å²) in [6, 6.07) is 17.0. The number of hydrogen-bond acceptors (Lipinski definition) is 6. The summed E-state index contributed by atoms with van der Waals surface area (Å²) in [4.78, 5) is 12.5. The van der Waals surface area contributed by atoms with E-state index in [0.29, 0.717) is 22.8 Å². The molecule has 0 spiro atoms. The Kier molecular flexibility index (Phi) is 6.75. The van der Waals surface area contributed by atoms with E-state index in [1.165, 1.54) is 6.21 Å². The van der Waals surface area contributed by atoms with Crippen LogP contribution in [0.25, 0.3) is 10.8 Å². The van der Waals surface area contributed by atoms with Crippen LogP contribution < -0.4 is 25.0 Å². The summed E-state index contributed by atoms with van der Waals surface area (Å²) in [6.45, 7) is 1.78. The Bertz CT molecular complexity index is 1030. The van der Waals surface area contributed by atoms with Gasteiger partial charge in [-0.2, -0.15) is 5.10 Å². The highest BCUT2D eigenvalue weighted by Gasteiger charge is 2.14. The molecule has 2 N–H and O–H groups in total. The second kappa shape index (κ2) is 9.65. The van der Waals surface area contributed by atoms with Crippen molar-refractivity contribution < 1.29 is 19.0 Å². The number of nitrogens with zero attached hydrogens (tertiary/aromatic N) is 1. The number of methoxy groups -OCH3 is 3. The van der Waals surface area contributed by atoms with Crippen LogP contribution in [0, 0.1) is 0 Å². The Morgan fingerprint density at radius 1 is 0.967 bits per heavy atom. The summed E-state index contributed by atoms with van der Waals surface area (Å²) in [5.74, 6) is 1.26. The van der Waals surface area contributed by atoms with Gasteiger partial charge in [0.15, 0.2) is 11.5 Å². The number of rotatable bonds is 8. The summed E-state index contributed by atoms with van der Waals surface area (Å²) in [6.07, 6.45) is 1.52. The fourth-order valence-corrected chi connectivity index (χ4v) is 3.09. The first-order valence-electron chi connectivity index (χ1n) is 9.44. The minimum atomic E-state index is -0.479. The number of nitrogens with one attached hydrogen (secondary N) is 2. The number of fused-ring (bicyclic) bond motifs is 1. The summed E-state index contributed by atoms with van der Waals surface area (Å²) < 4.78 is 15.9. The van der Waals surface area contributed by atoms with E-state index < -0.39 is 6.04 Å². The first-order chi connectivity index (χ1) is 14.6. The highest BCUT2D eigenvalue weighted by atomic mass is 16.5. The molecule has 7 nitrogen and oxygen atoms in total. The van der Waals surface area contributed by atoms with Crippen molar-refractivity contribution in [2.45, 2.75) is 13.0 Å². The van der Waals surface area contributed by atoms with E-state index in [4.69, 9.17) is 14.2 Å². The monoisotopic (exact) mass is 407 g/mol. The number of benzene rings is 3. The van der Waals surface area contributed by atoms with Gasteiger partial charge in [-0.15, -0.1) is 0 Å². The Balaban J connectivity index is 1.68. The van der Waals surface area contributed by atoms with E-state index in [9.17, 15) is 4.79 Å². The largest absolute Gasteiger partial charge is 0.493 e. The average molecular weight is 407 g/mol. The summed E-state index contributed by atoms with van der Waals surface area (Å²) in [5.41, 5.74) is 4.14. The highest BCUT2D eigenvalue weighted by Crippen LogP contribution is 2.37. The van der Waals surface area contributed by atoms with E-state index in [-0.39, 0.29) is 5.91 Å². The maximum atomic E-state index is 12.5. The quantitative estimate of drug-likeness (QED) is 0.438. The first kappa shape index (κ1) is 21.0. The molecule has 0 heterocycles. The zero-order chi connectivity index (χ0) is 21.5. The average Bonchev–Trinajstić information content (AvgIpc) is 2.78. The van der Waals surface area contributed by atoms with E-state index >= 15 is 0 Å². The van der Waals surface area contributed by atoms with Crippen molar-refractivity contribution in [2.75, 3.05) is 26.6 Å². The molecule has 0 aliphatic heterocycles. The summed E-state index contributed by atoms with van der Waals surface area (Å²) >= 11 is 0. The molecule has 3 aromatic rings. The summed E-state index contributed by atoms with van der Waals surface area (Å²) in [5, 5.41) is 9.46. The number of carbonyl (C=O) groups is 1. The van der Waals surface area contributed by atoms with Gasteiger partial charge in [0.05, 0.1) is 27.5 Å².